The summed E-state index contributed by atoms with van der Waals surface area (Å²) >= 11 is 12.1. The standard InChI is InChI=1S/C25H26Cl2N2O6S/c1-28(15-17-5-7-18(26)8-6-17)25(30)16-29(21-13-19(27)9-11-22(21)33-2)36(31,32)20-10-12-23(34-3)24(14-20)35-4/h5-14H,15-16H2,1-4H3. The summed E-state index contributed by atoms with van der Waals surface area (Å²) in [5, 5.41) is 0.855. The Bertz CT molecular complexity index is 1330. The molecular weight excluding hydrogens is 527 g/mol. The zero-order valence-corrected chi connectivity index (χ0v) is 22.5. The van der Waals surface area contributed by atoms with E-state index in [2.05, 4.69) is 0 Å². The molecule has 3 aromatic carbocycles. The second-order valence-corrected chi connectivity index (χ2v) is 10.5. The van der Waals surface area contributed by atoms with Crippen LogP contribution in [0.5, 0.6) is 17.2 Å². The molecule has 0 saturated carbocycles. The predicted octanol–water partition coefficient (Wildman–Crippen LogP) is 4.87. The third-order valence-electron chi connectivity index (χ3n) is 5.39. The fourth-order valence-corrected chi connectivity index (χ4v) is 5.18. The van der Waals surface area contributed by atoms with Gasteiger partial charge in [-0.3, -0.25) is 9.10 Å². The Morgan fingerprint density at radius 3 is 2.00 bits per heavy atom. The van der Waals surface area contributed by atoms with Gasteiger partial charge in [0.2, 0.25) is 5.91 Å². The molecule has 0 aliphatic rings. The molecule has 36 heavy (non-hydrogen) atoms. The van der Waals surface area contributed by atoms with Crippen molar-refractivity contribution in [3.05, 3.63) is 76.3 Å². The Morgan fingerprint density at radius 2 is 1.39 bits per heavy atom. The molecule has 0 atom stereocenters. The van der Waals surface area contributed by atoms with Gasteiger partial charge in [-0.05, 0) is 48.0 Å². The summed E-state index contributed by atoms with van der Waals surface area (Å²) in [7, 11) is 1.57. The van der Waals surface area contributed by atoms with Gasteiger partial charge in [0, 0.05) is 29.7 Å². The Balaban J connectivity index is 2.03. The van der Waals surface area contributed by atoms with Crippen LogP contribution in [-0.2, 0) is 21.4 Å². The summed E-state index contributed by atoms with van der Waals surface area (Å²) in [6, 6.07) is 15.8. The highest BCUT2D eigenvalue weighted by molar-refractivity contribution is 7.92. The van der Waals surface area contributed by atoms with Gasteiger partial charge in [-0.2, -0.15) is 0 Å². The second-order valence-electron chi connectivity index (χ2n) is 7.72. The highest BCUT2D eigenvalue weighted by atomic mass is 35.5. The van der Waals surface area contributed by atoms with E-state index in [1.165, 1.54) is 56.6 Å². The average Bonchev–Trinajstić information content (AvgIpc) is 2.87. The highest BCUT2D eigenvalue weighted by Crippen LogP contribution is 2.37. The molecule has 0 heterocycles. The van der Waals surface area contributed by atoms with E-state index in [1.807, 2.05) is 0 Å². The molecule has 0 N–H and O–H groups in total. The summed E-state index contributed by atoms with van der Waals surface area (Å²) in [6.45, 7) is -0.246. The summed E-state index contributed by atoms with van der Waals surface area (Å²) in [5.41, 5.74) is 0.956. The zero-order chi connectivity index (χ0) is 26.5. The quantitative estimate of drug-likeness (QED) is 0.356. The van der Waals surface area contributed by atoms with Crippen LogP contribution in [0.2, 0.25) is 10.0 Å². The summed E-state index contributed by atoms with van der Waals surface area (Å²) in [5.74, 6) is 0.373. The van der Waals surface area contributed by atoms with Crippen LogP contribution in [0.25, 0.3) is 0 Å². The molecule has 0 spiro atoms. The first-order valence-electron chi connectivity index (χ1n) is 10.7. The van der Waals surface area contributed by atoms with Gasteiger partial charge in [0.1, 0.15) is 12.3 Å². The van der Waals surface area contributed by atoms with Crippen molar-refractivity contribution < 1.29 is 27.4 Å². The molecule has 0 bridgehead atoms. The van der Waals surface area contributed by atoms with Crippen LogP contribution >= 0.6 is 23.2 Å². The summed E-state index contributed by atoms with van der Waals surface area (Å²) in [4.78, 5) is 14.6. The van der Waals surface area contributed by atoms with Crippen molar-refractivity contribution in [2.75, 3.05) is 39.2 Å². The fourth-order valence-electron chi connectivity index (χ4n) is 3.46. The van der Waals surface area contributed by atoms with Crippen LogP contribution in [-0.4, -0.2) is 54.1 Å². The predicted molar refractivity (Wildman–Crippen MR) is 140 cm³/mol. The number of nitrogens with zero attached hydrogens (tertiary/aromatic N) is 2. The average molecular weight is 553 g/mol. The molecule has 3 rings (SSSR count). The second kappa shape index (κ2) is 11.7. The monoisotopic (exact) mass is 552 g/mol. The number of hydrogen-bond donors (Lipinski definition) is 0. The number of rotatable bonds is 10. The highest BCUT2D eigenvalue weighted by Gasteiger charge is 2.31. The lowest BCUT2D eigenvalue weighted by Crippen LogP contribution is -2.41. The van der Waals surface area contributed by atoms with Gasteiger partial charge in [0.25, 0.3) is 10.0 Å². The van der Waals surface area contributed by atoms with E-state index >= 15 is 0 Å². The van der Waals surface area contributed by atoms with Crippen LogP contribution in [0, 0.1) is 0 Å². The normalized spacial score (nSPS) is 11.1. The van der Waals surface area contributed by atoms with Gasteiger partial charge in [-0.1, -0.05) is 35.3 Å². The lowest BCUT2D eigenvalue weighted by atomic mass is 10.2. The van der Waals surface area contributed by atoms with E-state index in [1.54, 1.807) is 37.4 Å². The number of halogens is 2. The number of amides is 1. The van der Waals surface area contributed by atoms with Crippen molar-refractivity contribution in [2.24, 2.45) is 0 Å². The van der Waals surface area contributed by atoms with Crippen LogP contribution in [0.4, 0.5) is 5.69 Å². The van der Waals surface area contributed by atoms with Crippen molar-refractivity contribution in [3.8, 4) is 17.2 Å². The summed E-state index contributed by atoms with van der Waals surface area (Å²) in [6.07, 6.45) is 0. The van der Waals surface area contributed by atoms with Gasteiger partial charge >= 0.3 is 0 Å². The number of carbonyl (C=O) groups is 1. The number of hydrogen-bond acceptors (Lipinski definition) is 6. The van der Waals surface area contributed by atoms with Gasteiger partial charge < -0.3 is 19.1 Å². The number of carbonyl (C=O) groups excluding carboxylic acids is 1. The minimum atomic E-state index is -4.27. The van der Waals surface area contributed by atoms with Crippen molar-refractivity contribution in [2.45, 2.75) is 11.4 Å². The Morgan fingerprint density at radius 1 is 0.806 bits per heavy atom. The number of methoxy groups -OCH3 is 3. The number of ether oxygens (including phenoxy) is 3. The molecule has 0 fully saturated rings. The Kier molecular flexibility index (Phi) is 8.94. The molecule has 11 heteroatoms. The first kappa shape index (κ1) is 27.4. The minimum Gasteiger partial charge on any atom is -0.495 e. The topological polar surface area (TPSA) is 85.4 Å². The number of sulfonamides is 1. The molecule has 0 aliphatic heterocycles. The lowest BCUT2D eigenvalue weighted by molar-refractivity contribution is -0.128. The van der Waals surface area contributed by atoms with E-state index in [-0.39, 0.29) is 33.6 Å². The van der Waals surface area contributed by atoms with Crippen molar-refractivity contribution in [1.29, 1.82) is 0 Å². The van der Waals surface area contributed by atoms with Crippen LogP contribution < -0.4 is 18.5 Å². The third-order valence-corrected chi connectivity index (χ3v) is 7.63. The first-order valence-corrected chi connectivity index (χ1v) is 12.9. The van der Waals surface area contributed by atoms with E-state index < -0.39 is 22.5 Å². The number of anilines is 1. The lowest BCUT2D eigenvalue weighted by Gasteiger charge is -2.28. The number of benzene rings is 3. The SMILES string of the molecule is COc1ccc(S(=O)(=O)N(CC(=O)N(C)Cc2ccc(Cl)cc2)c2cc(Cl)ccc2OC)cc1OC. The largest absolute Gasteiger partial charge is 0.495 e. The Labute approximate surface area is 220 Å². The van der Waals surface area contributed by atoms with Crippen molar-refractivity contribution >= 4 is 44.8 Å². The van der Waals surface area contributed by atoms with Gasteiger partial charge in [0.15, 0.2) is 11.5 Å². The molecule has 0 aliphatic carbocycles. The molecule has 8 nitrogen and oxygen atoms in total. The van der Waals surface area contributed by atoms with E-state index in [9.17, 15) is 13.2 Å². The van der Waals surface area contributed by atoms with Crippen LogP contribution in [0.3, 0.4) is 0 Å². The fraction of sp³-hybridized carbons (Fsp3) is 0.240. The smallest absolute Gasteiger partial charge is 0.265 e. The molecule has 0 unspecified atom stereocenters. The molecule has 0 saturated heterocycles. The van der Waals surface area contributed by atoms with E-state index in [0.717, 1.165) is 9.87 Å². The summed E-state index contributed by atoms with van der Waals surface area (Å²) < 4.78 is 44.6. The number of likely N-dealkylation sites (N-methyl/N-ethyl adjacent to an activating group) is 1. The third kappa shape index (κ3) is 6.16. The Hall–Kier alpha value is -3.14. The van der Waals surface area contributed by atoms with Crippen molar-refractivity contribution in [1.82, 2.24) is 4.90 Å². The molecule has 0 aromatic heterocycles. The van der Waals surface area contributed by atoms with Crippen LogP contribution in [0.1, 0.15) is 5.56 Å². The zero-order valence-electron chi connectivity index (χ0n) is 20.2. The minimum absolute atomic E-state index is 0.102. The molecule has 192 valence electrons. The van der Waals surface area contributed by atoms with E-state index in [0.29, 0.717) is 10.8 Å². The van der Waals surface area contributed by atoms with E-state index in [4.69, 9.17) is 37.4 Å². The maximum Gasteiger partial charge on any atom is 0.265 e. The van der Waals surface area contributed by atoms with Crippen LogP contribution in [0.15, 0.2) is 65.6 Å². The maximum atomic E-state index is 13.9. The van der Waals surface area contributed by atoms with Gasteiger partial charge in [-0.15, -0.1) is 0 Å². The first-order chi connectivity index (χ1) is 17.1. The van der Waals surface area contributed by atoms with Gasteiger partial charge in [-0.25, -0.2) is 8.42 Å². The maximum absolute atomic E-state index is 13.9. The molecule has 0 radical (unpaired) electrons. The molecular formula is C25H26Cl2N2O6S. The van der Waals surface area contributed by atoms with Gasteiger partial charge in [0.05, 0.1) is 31.9 Å². The molecule has 1 amide bonds. The van der Waals surface area contributed by atoms with Crippen molar-refractivity contribution in [3.63, 3.8) is 0 Å². The molecule has 3 aromatic rings.